The summed E-state index contributed by atoms with van der Waals surface area (Å²) in [6, 6.07) is 9.73. The van der Waals surface area contributed by atoms with Gasteiger partial charge in [0.2, 0.25) is 5.21 Å². The van der Waals surface area contributed by atoms with Gasteiger partial charge in [0.05, 0.1) is 18.1 Å². The molecule has 162 valence electrons. The van der Waals surface area contributed by atoms with E-state index in [1.807, 2.05) is 0 Å². The third-order valence-electron chi connectivity index (χ3n) is 3.94. The molecule has 0 spiro atoms. The van der Waals surface area contributed by atoms with Crippen LogP contribution >= 0.6 is 0 Å². The minimum absolute atomic E-state index is 0.251. The second-order valence-corrected chi connectivity index (χ2v) is 7.13. The second kappa shape index (κ2) is 8.33. The number of anilines is 1. The molecule has 3 aromatic rings. The van der Waals surface area contributed by atoms with Crippen LogP contribution in [-0.2, 0) is 10.1 Å². The molecule has 0 fully saturated rings. The molecule has 1 aromatic heterocycles. The molecular formula is C16H14N6O8S. The average Bonchev–Trinajstić information content (AvgIpc) is 3.16. The number of amides is 1. The first-order chi connectivity index (χ1) is 14.7. The molecule has 1 amide bonds. The molecule has 3 rings (SSSR count). The van der Waals surface area contributed by atoms with Crippen molar-refractivity contribution in [2.24, 2.45) is 0 Å². The number of carbonyl (C=O) groups excluding carboxylic acids is 1. The first kappa shape index (κ1) is 21.6. The van der Waals surface area contributed by atoms with E-state index in [0.29, 0.717) is 16.7 Å². The lowest BCUT2D eigenvalue weighted by molar-refractivity contribution is -0.722. The van der Waals surface area contributed by atoms with E-state index in [-0.39, 0.29) is 11.4 Å². The van der Waals surface area contributed by atoms with Gasteiger partial charge in [-0.1, -0.05) is 22.9 Å². The Balaban J connectivity index is 2.24. The summed E-state index contributed by atoms with van der Waals surface area (Å²) in [6.45, 7) is 0. The number of rotatable bonds is 7. The zero-order valence-corrected chi connectivity index (χ0v) is 16.8. The molecule has 0 aliphatic heterocycles. The molecule has 15 heteroatoms. The fourth-order valence-electron chi connectivity index (χ4n) is 2.63. The standard InChI is InChI=1S/C16H14N6O8S/c1-29-13-8-12(21(24)25)14(31(26,27)28)9-11(13)20-15(18-19-22(20)30-2)16(23)17-10-6-4-3-5-7-10/h3-9H,1-2H3,(H-,17,23,26,27,28). The van der Waals surface area contributed by atoms with Gasteiger partial charge in [-0.05, 0) is 12.1 Å². The maximum atomic E-state index is 12.8. The van der Waals surface area contributed by atoms with Gasteiger partial charge < -0.3 is 19.4 Å². The van der Waals surface area contributed by atoms with E-state index in [9.17, 15) is 27.9 Å². The molecule has 0 bridgehead atoms. The van der Waals surface area contributed by atoms with Crippen molar-refractivity contribution in [3.05, 3.63) is 58.4 Å². The predicted molar refractivity (Wildman–Crippen MR) is 99.6 cm³/mol. The summed E-state index contributed by atoms with van der Waals surface area (Å²) in [5, 5.41) is 21.1. The molecule has 31 heavy (non-hydrogen) atoms. The van der Waals surface area contributed by atoms with Crippen LogP contribution in [0.25, 0.3) is 5.69 Å². The predicted octanol–water partition coefficient (Wildman–Crippen LogP) is -0.314. The van der Waals surface area contributed by atoms with E-state index in [0.717, 1.165) is 17.9 Å². The van der Waals surface area contributed by atoms with Crippen molar-refractivity contribution in [1.82, 2.24) is 15.3 Å². The van der Waals surface area contributed by atoms with Crippen LogP contribution in [0.1, 0.15) is 10.6 Å². The van der Waals surface area contributed by atoms with Gasteiger partial charge in [-0.3, -0.25) is 14.9 Å². The van der Waals surface area contributed by atoms with E-state index >= 15 is 0 Å². The summed E-state index contributed by atoms with van der Waals surface area (Å²) in [5.41, 5.74) is -0.847. The lowest BCUT2D eigenvalue weighted by atomic mass is 10.2. The van der Waals surface area contributed by atoms with E-state index in [4.69, 9.17) is 9.57 Å². The zero-order chi connectivity index (χ0) is 22.8. The first-order valence-corrected chi connectivity index (χ1v) is 9.69. The lowest BCUT2D eigenvalue weighted by Crippen LogP contribution is -2.49. The molecule has 0 aliphatic rings. The highest BCUT2D eigenvalue weighted by atomic mass is 32.2. The number of carbonyl (C=O) groups is 1. The molecule has 0 aliphatic carbocycles. The molecule has 0 atom stereocenters. The van der Waals surface area contributed by atoms with Crippen molar-refractivity contribution in [2.45, 2.75) is 4.90 Å². The van der Waals surface area contributed by atoms with Gasteiger partial charge in [-0.2, -0.15) is 0 Å². The van der Waals surface area contributed by atoms with Crippen molar-refractivity contribution in [1.29, 1.82) is 0 Å². The van der Waals surface area contributed by atoms with Crippen LogP contribution in [0.3, 0.4) is 0 Å². The third kappa shape index (κ3) is 4.26. The number of ether oxygens (including phenoxy) is 1. The molecule has 2 aromatic carbocycles. The van der Waals surface area contributed by atoms with Gasteiger partial charge in [0, 0.05) is 11.8 Å². The van der Waals surface area contributed by atoms with Crippen LogP contribution < -0.4 is 19.6 Å². The van der Waals surface area contributed by atoms with Crippen molar-refractivity contribution < 1.29 is 36.9 Å². The Morgan fingerprint density at radius 2 is 1.90 bits per heavy atom. The number of hydrogen-bond donors (Lipinski definition) is 1. The SMILES string of the molecule is COc1cc([N+](=O)[O-])c(S(=O)(=O)[O-])cc1-[n+]1c(C(=O)Nc2ccccc2)nnn1OC. The maximum absolute atomic E-state index is 12.8. The van der Waals surface area contributed by atoms with Crippen LogP contribution in [0.15, 0.2) is 47.4 Å². The monoisotopic (exact) mass is 450 g/mol. The summed E-state index contributed by atoms with van der Waals surface area (Å²) in [5.74, 6) is -1.42. The quantitative estimate of drug-likeness (QED) is 0.217. The normalized spacial score (nSPS) is 11.1. The number of hydrogen-bond acceptors (Lipinski definition) is 10. The highest BCUT2D eigenvalue weighted by molar-refractivity contribution is 7.85. The maximum Gasteiger partial charge on any atom is 0.398 e. The molecular weight excluding hydrogens is 436 g/mol. The number of methoxy groups -OCH3 is 1. The van der Waals surface area contributed by atoms with Crippen LogP contribution in [-0.4, -0.2) is 53.3 Å². The van der Waals surface area contributed by atoms with Crippen molar-refractivity contribution in [2.75, 3.05) is 19.5 Å². The Bertz CT molecular complexity index is 1260. The number of benzene rings is 2. The Hall–Kier alpha value is -4.11. The van der Waals surface area contributed by atoms with Gasteiger partial charge >= 0.3 is 11.7 Å². The number of nitrogens with one attached hydrogen (secondary N) is 1. The van der Waals surface area contributed by atoms with E-state index < -0.39 is 37.4 Å². The van der Waals surface area contributed by atoms with Gasteiger partial charge in [-0.25, -0.2) is 8.42 Å². The minimum Gasteiger partial charge on any atom is -0.744 e. The Kier molecular flexibility index (Phi) is 5.80. The van der Waals surface area contributed by atoms with Crippen LogP contribution in [0.4, 0.5) is 11.4 Å². The third-order valence-corrected chi connectivity index (χ3v) is 4.81. The van der Waals surface area contributed by atoms with E-state index in [2.05, 4.69) is 15.6 Å². The Morgan fingerprint density at radius 1 is 1.23 bits per heavy atom. The smallest absolute Gasteiger partial charge is 0.398 e. The highest BCUT2D eigenvalue weighted by Crippen LogP contribution is 2.32. The number of nitrogens with zero attached hydrogens (tertiary/aromatic N) is 5. The summed E-state index contributed by atoms with van der Waals surface area (Å²) in [4.78, 5) is 27.5. The summed E-state index contributed by atoms with van der Waals surface area (Å²) in [7, 11) is -2.94. The molecule has 0 unspecified atom stereocenters. The summed E-state index contributed by atoms with van der Waals surface area (Å²) in [6.07, 6.45) is 0. The topological polar surface area (TPSA) is 182 Å². The van der Waals surface area contributed by atoms with Crippen molar-refractivity contribution >= 4 is 27.4 Å². The fraction of sp³-hybridized carbons (Fsp3) is 0.125. The molecule has 14 nitrogen and oxygen atoms in total. The largest absolute Gasteiger partial charge is 0.744 e. The van der Waals surface area contributed by atoms with Gasteiger partial charge in [-0.15, -0.1) is 0 Å². The van der Waals surface area contributed by atoms with Crippen LogP contribution in [0, 0.1) is 10.1 Å². The molecule has 1 heterocycles. The Labute approximate surface area is 174 Å². The van der Waals surface area contributed by atoms with E-state index in [1.54, 1.807) is 30.3 Å². The first-order valence-electron chi connectivity index (χ1n) is 8.29. The van der Waals surface area contributed by atoms with Crippen LogP contribution in [0.2, 0.25) is 0 Å². The Morgan fingerprint density at radius 3 is 2.45 bits per heavy atom. The number of aromatic nitrogens is 4. The number of nitro groups is 1. The van der Waals surface area contributed by atoms with Crippen molar-refractivity contribution in [3.8, 4) is 11.4 Å². The average molecular weight is 450 g/mol. The molecule has 0 saturated heterocycles. The molecule has 0 radical (unpaired) electrons. The lowest BCUT2D eigenvalue weighted by Gasteiger charge is -2.12. The molecule has 1 N–H and O–H groups in total. The number of para-hydroxylation sites is 1. The number of nitro benzene ring substituents is 1. The van der Waals surface area contributed by atoms with Gasteiger partial charge in [0.25, 0.3) is 5.69 Å². The van der Waals surface area contributed by atoms with Crippen LogP contribution in [0.5, 0.6) is 5.75 Å². The minimum atomic E-state index is -5.27. The van der Waals surface area contributed by atoms with Gasteiger partial charge in [0.1, 0.15) is 32.2 Å². The molecule has 0 saturated carbocycles. The summed E-state index contributed by atoms with van der Waals surface area (Å²) >= 11 is 0. The second-order valence-electron chi connectivity index (χ2n) is 5.78. The zero-order valence-electron chi connectivity index (χ0n) is 16.0. The highest BCUT2D eigenvalue weighted by Gasteiger charge is 2.34. The fourth-order valence-corrected chi connectivity index (χ4v) is 3.27. The number of tetrazole rings is 1. The van der Waals surface area contributed by atoms with E-state index in [1.165, 1.54) is 7.11 Å². The van der Waals surface area contributed by atoms with Crippen molar-refractivity contribution in [3.63, 3.8) is 0 Å². The summed E-state index contributed by atoms with van der Waals surface area (Å²) < 4.78 is 40.9. The van der Waals surface area contributed by atoms with Gasteiger partial charge in [0.15, 0.2) is 11.4 Å².